The van der Waals surface area contributed by atoms with Crippen LogP contribution in [0.4, 0.5) is 18.9 Å². The maximum Gasteiger partial charge on any atom is 0.418 e. The summed E-state index contributed by atoms with van der Waals surface area (Å²) in [6.07, 6.45) is -5.01. The fourth-order valence-corrected chi connectivity index (χ4v) is 1.73. The highest BCUT2D eigenvalue weighted by Gasteiger charge is 2.33. The third kappa shape index (κ3) is 4.15. The number of anilines is 1. The quantitative estimate of drug-likeness (QED) is 0.840. The Labute approximate surface area is 111 Å². The Hall–Kier alpha value is -0.790. The predicted molar refractivity (Wildman–Crippen MR) is 65.4 cm³/mol. The number of alkyl halides is 3. The van der Waals surface area contributed by atoms with Crippen LogP contribution in [0.2, 0.25) is 0 Å². The number of halogens is 4. The van der Waals surface area contributed by atoms with Gasteiger partial charge in [-0.3, -0.25) is 0 Å². The monoisotopic (exact) mass is 327 g/mol. The summed E-state index contributed by atoms with van der Waals surface area (Å²) in [6.45, 7) is 0.118. The van der Waals surface area contributed by atoms with Crippen LogP contribution in [0.5, 0.6) is 0 Å². The van der Waals surface area contributed by atoms with Crippen molar-refractivity contribution < 1.29 is 22.6 Å². The molecular formula is C11H13BrF3NO2. The van der Waals surface area contributed by atoms with E-state index in [0.717, 1.165) is 6.07 Å². The molecule has 0 radical (unpaired) electrons. The van der Waals surface area contributed by atoms with Gasteiger partial charge in [-0.05, 0) is 18.2 Å². The summed E-state index contributed by atoms with van der Waals surface area (Å²) in [5.41, 5.74) is -0.743. The lowest BCUT2D eigenvalue weighted by Gasteiger charge is -2.18. The number of hydrogen-bond acceptors (Lipinski definition) is 3. The first-order valence-corrected chi connectivity index (χ1v) is 5.84. The molecule has 1 aromatic carbocycles. The van der Waals surface area contributed by atoms with Gasteiger partial charge in [0.05, 0.1) is 12.1 Å². The van der Waals surface area contributed by atoms with Crippen molar-refractivity contribution in [1.82, 2.24) is 0 Å². The van der Waals surface area contributed by atoms with Gasteiger partial charge in [-0.15, -0.1) is 0 Å². The Morgan fingerprint density at radius 1 is 1.28 bits per heavy atom. The van der Waals surface area contributed by atoms with Crippen molar-refractivity contribution in [3.63, 3.8) is 0 Å². The molecule has 3 nitrogen and oxygen atoms in total. The minimum atomic E-state index is -4.40. The third-order valence-electron chi connectivity index (χ3n) is 2.27. The van der Waals surface area contributed by atoms with Gasteiger partial charge in [0.15, 0.2) is 6.29 Å². The van der Waals surface area contributed by atoms with E-state index in [1.54, 1.807) is 0 Å². The van der Waals surface area contributed by atoms with Crippen molar-refractivity contribution in [2.24, 2.45) is 0 Å². The molecular weight excluding hydrogens is 315 g/mol. The lowest BCUT2D eigenvalue weighted by atomic mass is 10.1. The molecule has 0 atom stereocenters. The van der Waals surface area contributed by atoms with Gasteiger partial charge in [0.2, 0.25) is 0 Å². The van der Waals surface area contributed by atoms with Gasteiger partial charge in [-0.1, -0.05) is 15.9 Å². The highest BCUT2D eigenvalue weighted by Crippen LogP contribution is 2.36. The summed E-state index contributed by atoms with van der Waals surface area (Å²) in [7, 11) is 2.84. The summed E-state index contributed by atoms with van der Waals surface area (Å²) in [4.78, 5) is 0. The first kappa shape index (κ1) is 15.3. The van der Waals surface area contributed by atoms with Gasteiger partial charge in [-0.25, -0.2) is 0 Å². The van der Waals surface area contributed by atoms with E-state index in [1.807, 2.05) is 0 Å². The van der Waals surface area contributed by atoms with Crippen LogP contribution in [0.25, 0.3) is 0 Å². The summed E-state index contributed by atoms with van der Waals surface area (Å²) in [5.74, 6) is 0. The molecule has 1 rings (SSSR count). The molecule has 0 bridgehead atoms. The van der Waals surface area contributed by atoms with Crippen LogP contribution in [-0.4, -0.2) is 27.1 Å². The summed E-state index contributed by atoms with van der Waals surface area (Å²) in [6, 6.07) is 3.73. The molecule has 0 fully saturated rings. The number of benzene rings is 1. The number of rotatable bonds is 5. The molecule has 0 aromatic heterocycles. The van der Waals surface area contributed by atoms with E-state index in [9.17, 15) is 13.2 Å². The van der Waals surface area contributed by atoms with Gasteiger partial charge in [0, 0.05) is 24.4 Å². The fraction of sp³-hybridized carbons (Fsp3) is 0.455. The van der Waals surface area contributed by atoms with Crippen LogP contribution in [0, 0.1) is 0 Å². The lowest BCUT2D eigenvalue weighted by Crippen LogP contribution is -2.24. The van der Waals surface area contributed by atoms with Gasteiger partial charge in [-0.2, -0.15) is 13.2 Å². The largest absolute Gasteiger partial charge is 0.418 e. The van der Waals surface area contributed by atoms with Gasteiger partial charge in [0.1, 0.15) is 0 Å². The Bertz CT molecular complexity index is 394. The van der Waals surface area contributed by atoms with E-state index in [4.69, 9.17) is 9.47 Å². The second-order valence-corrected chi connectivity index (χ2v) is 4.39. The zero-order valence-corrected chi connectivity index (χ0v) is 11.4. The molecule has 1 N–H and O–H groups in total. The molecule has 0 unspecified atom stereocenters. The molecule has 0 aliphatic carbocycles. The molecule has 1 aromatic rings. The van der Waals surface area contributed by atoms with Gasteiger partial charge < -0.3 is 14.8 Å². The lowest BCUT2D eigenvalue weighted by molar-refractivity contribution is -0.137. The normalized spacial score (nSPS) is 11.9. The van der Waals surface area contributed by atoms with Crippen LogP contribution < -0.4 is 5.32 Å². The maximum absolute atomic E-state index is 12.8. The van der Waals surface area contributed by atoms with Crippen molar-refractivity contribution in [2.75, 3.05) is 26.1 Å². The Morgan fingerprint density at radius 2 is 1.89 bits per heavy atom. The van der Waals surface area contributed by atoms with Crippen LogP contribution in [0.1, 0.15) is 5.56 Å². The van der Waals surface area contributed by atoms with Gasteiger partial charge >= 0.3 is 6.18 Å². The van der Waals surface area contributed by atoms with Crippen molar-refractivity contribution in [1.29, 1.82) is 0 Å². The van der Waals surface area contributed by atoms with Gasteiger partial charge in [0.25, 0.3) is 0 Å². The SMILES string of the molecule is COC(CNc1cc(Br)ccc1C(F)(F)F)OC. The summed E-state index contributed by atoms with van der Waals surface area (Å²) >= 11 is 3.13. The summed E-state index contributed by atoms with van der Waals surface area (Å²) < 4.78 is 48.6. The molecule has 0 spiro atoms. The third-order valence-corrected chi connectivity index (χ3v) is 2.77. The van der Waals surface area contributed by atoms with E-state index >= 15 is 0 Å². The van der Waals surface area contributed by atoms with Crippen LogP contribution in [0.15, 0.2) is 22.7 Å². The Kier molecular flexibility index (Phi) is 5.43. The second kappa shape index (κ2) is 6.40. The number of methoxy groups -OCH3 is 2. The average molecular weight is 328 g/mol. The topological polar surface area (TPSA) is 30.5 Å². The standard InChI is InChI=1S/C11H13BrF3NO2/c1-17-10(18-2)6-16-9-5-7(12)3-4-8(9)11(13,14)15/h3-5,10,16H,6H2,1-2H3. The molecule has 0 heterocycles. The molecule has 102 valence electrons. The highest BCUT2D eigenvalue weighted by atomic mass is 79.9. The summed E-state index contributed by atoms with van der Waals surface area (Å²) in [5, 5.41) is 2.66. The number of nitrogens with one attached hydrogen (secondary N) is 1. The van der Waals surface area contributed by atoms with Crippen molar-refractivity contribution in [2.45, 2.75) is 12.5 Å². The molecule has 18 heavy (non-hydrogen) atoms. The highest BCUT2D eigenvalue weighted by molar-refractivity contribution is 9.10. The Morgan fingerprint density at radius 3 is 2.39 bits per heavy atom. The predicted octanol–water partition coefficient (Wildman–Crippen LogP) is 3.50. The van der Waals surface area contributed by atoms with E-state index < -0.39 is 18.0 Å². The van der Waals surface area contributed by atoms with Crippen molar-refractivity contribution in [3.05, 3.63) is 28.2 Å². The van der Waals surface area contributed by atoms with Crippen LogP contribution in [-0.2, 0) is 15.7 Å². The first-order valence-electron chi connectivity index (χ1n) is 5.04. The smallest absolute Gasteiger partial charge is 0.379 e. The molecule has 0 amide bonds. The van der Waals surface area contributed by atoms with Crippen molar-refractivity contribution in [3.8, 4) is 0 Å². The molecule has 7 heteroatoms. The maximum atomic E-state index is 12.8. The van der Waals surface area contributed by atoms with Crippen LogP contribution in [0.3, 0.4) is 0 Å². The number of hydrogen-bond donors (Lipinski definition) is 1. The van der Waals surface area contributed by atoms with E-state index in [2.05, 4.69) is 21.2 Å². The molecule has 0 saturated heterocycles. The molecule has 0 aliphatic heterocycles. The van der Waals surface area contributed by atoms with E-state index in [1.165, 1.54) is 26.4 Å². The minimum absolute atomic E-state index is 0.0176. The molecule has 0 saturated carbocycles. The van der Waals surface area contributed by atoms with Crippen LogP contribution >= 0.6 is 15.9 Å². The minimum Gasteiger partial charge on any atom is -0.379 e. The zero-order chi connectivity index (χ0) is 13.8. The first-order chi connectivity index (χ1) is 8.38. The number of ether oxygens (including phenoxy) is 2. The van der Waals surface area contributed by atoms with E-state index in [-0.39, 0.29) is 12.2 Å². The van der Waals surface area contributed by atoms with Crippen molar-refractivity contribution >= 4 is 21.6 Å². The zero-order valence-electron chi connectivity index (χ0n) is 9.84. The fourth-order valence-electron chi connectivity index (χ4n) is 1.37. The second-order valence-electron chi connectivity index (χ2n) is 3.47. The Balaban J connectivity index is 2.89. The van der Waals surface area contributed by atoms with E-state index in [0.29, 0.717) is 4.47 Å². The average Bonchev–Trinajstić information content (AvgIpc) is 2.28. The molecule has 0 aliphatic rings.